The molecule has 2 atom stereocenters. The third-order valence-corrected chi connectivity index (χ3v) is 3.27. The Hall–Kier alpha value is -0.770. The fraction of sp³-hybridized carbons (Fsp3) is 0.909. The summed E-state index contributed by atoms with van der Waals surface area (Å²) >= 11 is 0. The third kappa shape index (κ3) is 2.25. The third-order valence-electron chi connectivity index (χ3n) is 3.27. The molecule has 2 fully saturated rings. The van der Waals surface area contributed by atoms with Crippen LogP contribution in [0.3, 0.4) is 0 Å². The summed E-state index contributed by atoms with van der Waals surface area (Å²) in [4.78, 5) is 6.64. The van der Waals surface area contributed by atoms with E-state index in [4.69, 9.17) is 10.5 Å². The molecular weight excluding hydrogens is 190 g/mol. The number of nitrogens with zero attached hydrogens (tertiary/aromatic N) is 2. The summed E-state index contributed by atoms with van der Waals surface area (Å²) in [7, 11) is 0. The van der Waals surface area contributed by atoms with E-state index in [1.165, 1.54) is 19.3 Å². The van der Waals surface area contributed by atoms with Crippen LogP contribution in [0.15, 0.2) is 4.99 Å². The molecule has 15 heavy (non-hydrogen) atoms. The van der Waals surface area contributed by atoms with Crippen molar-refractivity contribution in [1.29, 1.82) is 0 Å². The fourth-order valence-corrected chi connectivity index (χ4v) is 2.53. The van der Waals surface area contributed by atoms with E-state index in [0.717, 1.165) is 32.1 Å². The molecule has 2 aliphatic rings. The predicted molar refractivity (Wildman–Crippen MR) is 60.9 cm³/mol. The Morgan fingerprint density at radius 2 is 2.40 bits per heavy atom. The summed E-state index contributed by atoms with van der Waals surface area (Å²) in [6.07, 6.45) is 5.09. The molecule has 2 N–H and O–H groups in total. The maximum Gasteiger partial charge on any atom is 0.191 e. The van der Waals surface area contributed by atoms with Gasteiger partial charge in [-0.15, -0.1) is 0 Å². The first kappa shape index (κ1) is 10.7. The van der Waals surface area contributed by atoms with Gasteiger partial charge in [0, 0.05) is 13.1 Å². The van der Waals surface area contributed by atoms with Crippen LogP contribution in [-0.4, -0.2) is 42.7 Å². The smallest absolute Gasteiger partial charge is 0.191 e. The lowest BCUT2D eigenvalue weighted by molar-refractivity contribution is -0.0298. The number of ether oxygens (including phenoxy) is 1. The normalized spacial score (nSPS) is 31.8. The lowest BCUT2D eigenvalue weighted by Gasteiger charge is -2.38. The number of hydrogen-bond acceptors (Lipinski definition) is 2. The van der Waals surface area contributed by atoms with E-state index < -0.39 is 0 Å². The van der Waals surface area contributed by atoms with E-state index in [1.807, 2.05) is 0 Å². The molecule has 1 aliphatic heterocycles. The van der Waals surface area contributed by atoms with E-state index in [1.54, 1.807) is 0 Å². The highest BCUT2D eigenvalue weighted by molar-refractivity contribution is 5.78. The number of fused-ring (bicyclic) bond motifs is 1. The highest BCUT2D eigenvalue weighted by Crippen LogP contribution is 2.29. The molecule has 1 heterocycles. The van der Waals surface area contributed by atoms with Crippen LogP contribution in [0.4, 0.5) is 0 Å². The number of hydrogen-bond donors (Lipinski definition) is 1. The molecule has 2 unspecified atom stereocenters. The van der Waals surface area contributed by atoms with Crippen LogP contribution in [0, 0.1) is 0 Å². The molecule has 1 saturated heterocycles. The number of morpholine rings is 1. The Bertz CT molecular complexity index is 242. The van der Waals surface area contributed by atoms with Gasteiger partial charge < -0.3 is 15.4 Å². The molecule has 0 aromatic carbocycles. The Morgan fingerprint density at radius 1 is 1.53 bits per heavy atom. The zero-order valence-corrected chi connectivity index (χ0v) is 9.48. The fourth-order valence-electron chi connectivity index (χ4n) is 2.53. The number of guanidine groups is 1. The van der Waals surface area contributed by atoms with Gasteiger partial charge in [0.15, 0.2) is 5.96 Å². The number of nitrogens with two attached hydrogens (primary N) is 1. The van der Waals surface area contributed by atoms with Gasteiger partial charge in [-0.1, -0.05) is 6.92 Å². The van der Waals surface area contributed by atoms with Crippen LogP contribution >= 0.6 is 0 Å². The van der Waals surface area contributed by atoms with Gasteiger partial charge in [0.2, 0.25) is 0 Å². The number of rotatable bonds is 2. The SMILES string of the molecule is CCCN=C(N)N1CCOC2CCCC21. The number of aliphatic imine (C=N–C) groups is 1. The monoisotopic (exact) mass is 211 g/mol. The van der Waals surface area contributed by atoms with E-state index in [9.17, 15) is 0 Å². The Balaban J connectivity index is 2.00. The summed E-state index contributed by atoms with van der Waals surface area (Å²) in [5.41, 5.74) is 6.01. The van der Waals surface area contributed by atoms with E-state index in [-0.39, 0.29) is 0 Å². The average molecular weight is 211 g/mol. The molecule has 0 bridgehead atoms. The van der Waals surface area contributed by atoms with E-state index in [2.05, 4.69) is 16.8 Å². The van der Waals surface area contributed by atoms with Crippen molar-refractivity contribution < 1.29 is 4.74 Å². The van der Waals surface area contributed by atoms with Crippen molar-refractivity contribution in [3.05, 3.63) is 0 Å². The van der Waals surface area contributed by atoms with Crippen LogP contribution in [0.25, 0.3) is 0 Å². The van der Waals surface area contributed by atoms with Crippen molar-refractivity contribution in [3.8, 4) is 0 Å². The molecule has 2 rings (SSSR count). The van der Waals surface area contributed by atoms with Gasteiger partial charge in [-0.2, -0.15) is 0 Å². The molecule has 4 heteroatoms. The molecule has 4 nitrogen and oxygen atoms in total. The lowest BCUT2D eigenvalue weighted by atomic mass is 10.1. The van der Waals surface area contributed by atoms with Crippen LogP contribution in [0.5, 0.6) is 0 Å². The summed E-state index contributed by atoms with van der Waals surface area (Å²) in [6, 6.07) is 0.486. The standard InChI is InChI=1S/C11H21N3O/c1-2-6-13-11(12)14-7-8-15-10-5-3-4-9(10)14/h9-10H,2-8H2,1H3,(H2,12,13). The first-order chi connectivity index (χ1) is 7.33. The van der Waals surface area contributed by atoms with Crippen molar-refractivity contribution in [3.63, 3.8) is 0 Å². The summed E-state index contributed by atoms with van der Waals surface area (Å²) in [5, 5.41) is 0. The molecule has 86 valence electrons. The van der Waals surface area contributed by atoms with Crippen molar-refractivity contribution in [2.45, 2.75) is 44.8 Å². The van der Waals surface area contributed by atoms with Crippen LogP contribution in [0.2, 0.25) is 0 Å². The topological polar surface area (TPSA) is 50.8 Å². The maximum atomic E-state index is 6.01. The Morgan fingerprint density at radius 3 is 3.20 bits per heavy atom. The molecule has 0 radical (unpaired) electrons. The van der Waals surface area contributed by atoms with Crippen molar-refractivity contribution in [2.75, 3.05) is 19.7 Å². The molecule has 0 spiro atoms. The zero-order chi connectivity index (χ0) is 10.7. The largest absolute Gasteiger partial charge is 0.374 e. The van der Waals surface area contributed by atoms with Gasteiger partial charge in [0.1, 0.15) is 0 Å². The second-order valence-corrected chi connectivity index (χ2v) is 4.34. The van der Waals surface area contributed by atoms with Crippen molar-refractivity contribution >= 4 is 5.96 Å². The van der Waals surface area contributed by atoms with Crippen molar-refractivity contribution in [1.82, 2.24) is 4.90 Å². The second-order valence-electron chi connectivity index (χ2n) is 4.34. The summed E-state index contributed by atoms with van der Waals surface area (Å²) in [6.45, 7) is 4.65. The molecule has 1 aliphatic carbocycles. The highest BCUT2D eigenvalue weighted by atomic mass is 16.5. The van der Waals surface area contributed by atoms with Gasteiger partial charge in [-0.25, -0.2) is 0 Å². The molecule has 1 saturated carbocycles. The first-order valence-corrected chi connectivity index (χ1v) is 6.01. The summed E-state index contributed by atoms with van der Waals surface area (Å²) in [5.74, 6) is 0.719. The minimum Gasteiger partial charge on any atom is -0.374 e. The van der Waals surface area contributed by atoms with Gasteiger partial charge in [0.25, 0.3) is 0 Å². The minimum absolute atomic E-state index is 0.397. The van der Waals surface area contributed by atoms with Gasteiger partial charge in [0.05, 0.1) is 18.8 Å². The van der Waals surface area contributed by atoms with Crippen LogP contribution in [0.1, 0.15) is 32.6 Å². The quantitative estimate of drug-likeness (QED) is 0.547. The highest BCUT2D eigenvalue weighted by Gasteiger charge is 2.36. The Kier molecular flexibility index (Phi) is 3.46. The average Bonchev–Trinajstić information content (AvgIpc) is 2.73. The zero-order valence-electron chi connectivity index (χ0n) is 9.48. The first-order valence-electron chi connectivity index (χ1n) is 6.01. The van der Waals surface area contributed by atoms with Gasteiger partial charge >= 0.3 is 0 Å². The molecule has 0 aromatic heterocycles. The van der Waals surface area contributed by atoms with Crippen LogP contribution < -0.4 is 5.73 Å². The summed E-state index contributed by atoms with van der Waals surface area (Å²) < 4.78 is 5.73. The predicted octanol–water partition coefficient (Wildman–Crippen LogP) is 0.964. The lowest BCUT2D eigenvalue weighted by Crippen LogP contribution is -2.53. The molecule has 0 aromatic rings. The Labute approximate surface area is 91.5 Å². The molecular formula is C11H21N3O. The second kappa shape index (κ2) is 4.84. The molecule has 0 amide bonds. The maximum absolute atomic E-state index is 6.01. The van der Waals surface area contributed by atoms with E-state index >= 15 is 0 Å². The van der Waals surface area contributed by atoms with Gasteiger partial charge in [-0.3, -0.25) is 4.99 Å². The van der Waals surface area contributed by atoms with E-state index in [0.29, 0.717) is 12.1 Å². The minimum atomic E-state index is 0.397. The van der Waals surface area contributed by atoms with Gasteiger partial charge in [-0.05, 0) is 25.7 Å². The van der Waals surface area contributed by atoms with Crippen LogP contribution in [-0.2, 0) is 4.74 Å². The van der Waals surface area contributed by atoms with Crippen molar-refractivity contribution in [2.24, 2.45) is 10.7 Å².